The molecule has 0 radical (unpaired) electrons. The maximum atomic E-state index is 12.9. The lowest BCUT2D eigenvalue weighted by Gasteiger charge is -2.10. The highest BCUT2D eigenvalue weighted by Gasteiger charge is 2.17. The minimum absolute atomic E-state index is 0.131. The van der Waals surface area contributed by atoms with Gasteiger partial charge in [-0.05, 0) is 36.4 Å². The Morgan fingerprint density at radius 1 is 1.06 bits per heavy atom. The highest BCUT2D eigenvalue weighted by atomic mass is 32.2. The number of rotatable bonds is 6. The molecule has 1 amide bonds. The van der Waals surface area contributed by atoms with Crippen molar-refractivity contribution in [2.45, 2.75) is 11.7 Å². The summed E-state index contributed by atoms with van der Waals surface area (Å²) in [6.07, 6.45) is 3.36. The quantitative estimate of drug-likeness (QED) is 0.319. The van der Waals surface area contributed by atoms with Gasteiger partial charge in [-0.3, -0.25) is 23.5 Å². The van der Waals surface area contributed by atoms with Crippen LogP contribution in [0.3, 0.4) is 0 Å². The van der Waals surface area contributed by atoms with Gasteiger partial charge in [-0.1, -0.05) is 36.0 Å². The zero-order chi connectivity index (χ0) is 22.1. The van der Waals surface area contributed by atoms with Gasteiger partial charge >= 0.3 is 0 Å². The molecule has 0 saturated carbocycles. The predicted molar refractivity (Wildman–Crippen MR) is 126 cm³/mol. The molecule has 0 unspecified atom stereocenters. The third kappa shape index (κ3) is 3.42. The molecule has 0 spiro atoms. The molecule has 0 aliphatic carbocycles. The van der Waals surface area contributed by atoms with Crippen LogP contribution in [0, 0.1) is 0 Å². The Bertz CT molecular complexity index is 1550. The summed E-state index contributed by atoms with van der Waals surface area (Å²) < 4.78 is 3.33. The predicted octanol–water partition coefficient (Wildman–Crippen LogP) is 3.51. The van der Waals surface area contributed by atoms with Crippen molar-refractivity contribution in [2.24, 2.45) is 0 Å². The first-order valence-electron chi connectivity index (χ1n) is 9.91. The molecule has 32 heavy (non-hydrogen) atoms. The smallest absolute Gasteiger partial charge is 0.263 e. The fraction of sp³-hybridized carbons (Fsp3) is 0.0870. The Kier molecular flexibility index (Phi) is 5.16. The molecule has 0 aliphatic rings. The van der Waals surface area contributed by atoms with Gasteiger partial charge in [0, 0.05) is 18.1 Å². The van der Waals surface area contributed by atoms with Crippen molar-refractivity contribution in [1.29, 1.82) is 0 Å². The van der Waals surface area contributed by atoms with Crippen LogP contribution in [0.5, 0.6) is 0 Å². The van der Waals surface area contributed by atoms with E-state index < -0.39 is 0 Å². The fourth-order valence-corrected chi connectivity index (χ4v) is 4.39. The van der Waals surface area contributed by atoms with Crippen LogP contribution in [-0.4, -0.2) is 35.8 Å². The van der Waals surface area contributed by atoms with Gasteiger partial charge in [0.05, 0.1) is 27.9 Å². The molecular formula is C23H18N6O2S. The van der Waals surface area contributed by atoms with Crippen molar-refractivity contribution in [3.05, 3.63) is 83.8 Å². The zero-order valence-electron chi connectivity index (χ0n) is 16.9. The van der Waals surface area contributed by atoms with E-state index in [1.165, 1.54) is 16.3 Å². The van der Waals surface area contributed by atoms with E-state index >= 15 is 0 Å². The monoisotopic (exact) mass is 442 g/mol. The first-order chi connectivity index (χ1) is 15.7. The molecular weight excluding hydrogens is 424 g/mol. The van der Waals surface area contributed by atoms with Crippen molar-refractivity contribution in [1.82, 2.24) is 24.1 Å². The number of benzene rings is 2. The Hall–Kier alpha value is -3.98. The van der Waals surface area contributed by atoms with Gasteiger partial charge in [-0.25, -0.2) is 0 Å². The van der Waals surface area contributed by atoms with Gasteiger partial charge in [0.15, 0.2) is 5.16 Å². The first-order valence-corrected chi connectivity index (χ1v) is 10.9. The Labute approximate surface area is 186 Å². The average molecular weight is 443 g/mol. The fourth-order valence-electron chi connectivity index (χ4n) is 3.65. The van der Waals surface area contributed by atoms with E-state index in [9.17, 15) is 9.59 Å². The van der Waals surface area contributed by atoms with Crippen LogP contribution >= 0.6 is 11.8 Å². The topological polar surface area (TPSA) is 94.2 Å². The Morgan fingerprint density at radius 2 is 1.91 bits per heavy atom. The van der Waals surface area contributed by atoms with Crippen LogP contribution in [0.15, 0.2) is 83.4 Å². The van der Waals surface area contributed by atoms with E-state index in [2.05, 4.69) is 27.1 Å². The van der Waals surface area contributed by atoms with Crippen molar-refractivity contribution in [3.8, 4) is 0 Å². The van der Waals surface area contributed by atoms with Crippen LogP contribution in [-0.2, 0) is 11.3 Å². The minimum atomic E-state index is -0.174. The summed E-state index contributed by atoms with van der Waals surface area (Å²) in [6, 6.07) is 16.6. The highest BCUT2D eigenvalue weighted by Crippen LogP contribution is 2.24. The normalized spacial score (nSPS) is 11.2. The van der Waals surface area contributed by atoms with Crippen molar-refractivity contribution in [2.75, 3.05) is 11.1 Å². The number of para-hydroxylation sites is 1. The van der Waals surface area contributed by atoms with Gasteiger partial charge in [-0.2, -0.15) is 0 Å². The number of fused-ring (bicyclic) bond motifs is 4. The lowest BCUT2D eigenvalue weighted by atomic mass is 10.2. The number of thioether (sulfide) groups is 1. The summed E-state index contributed by atoms with van der Waals surface area (Å²) in [4.78, 5) is 29.9. The maximum Gasteiger partial charge on any atom is 0.263 e. The molecule has 0 fully saturated rings. The van der Waals surface area contributed by atoms with Crippen LogP contribution in [0.1, 0.15) is 0 Å². The molecule has 8 nitrogen and oxygen atoms in total. The van der Waals surface area contributed by atoms with Crippen LogP contribution < -0.4 is 10.9 Å². The number of carbonyl (C=O) groups excluding carboxylic acids is 1. The summed E-state index contributed by atoms with van der Waals surface area (Å²) in [5.41, 5.74) is 2.06. The number of pyridine rings is 1. The zero-order valence-corrected chi connectivity index (χ0v) is 17.7. The Morgan fingerprint density at radius 3 is 2.78 bits per heavy atom. The molecule has 5 rings (SSSR count). The largest absolute Gasteiger partial charge is 0.325 e. The molecule has 0 atom stereocenters. The summed E-state index contributed by atoms with van der Waals surface area (Å²) in [5, 5.41) is 13.4. The van der Waals surface area contributed by atoms with Crippen LogP contribution in [0.2, 0.25) is 0 Å². The van der Waals surface area contributed by atoms with Crippen molar-refractivity contribution in [3.63, 3.8) is 0 Å². The lowest BCUT2D eigenvalue weighted by Crippen LogP contribution is -2.22. The van der Waals surface area contributed by atoms with E-state index in [0.29, 0.717) is 34.1 Å². The summed E-state index contributed by atoms with van der Waals surface area (Å²) in [7, 11) is 0. The number of nitrogens with one attached hydrogen (secondary N) is 1. The highest BCUT2D eigenvalue weighted by molar-refractivity contribution is 7.99. The molecule has 3 aromatic heterocycles. The minimum Gasteiger partial charge on any atom is -0.325 e. The molecule has 9 heteroatoms. The Balaban J connectivity index is 1.46. The number of allylic oxidation sites excluding steroid dienone is 1. The molecule has 0 aliphatic heterocycles. The number of anilines is 1. The molecule has 0 bridgehead atoms. The molecule has 158 valence electrons. The van der Waals surface area contributed by atoms with Crippen LogP contribution in [0.25, 0.3) is 27.6 Å². The van der Waals surface area contributed by atoms with E-state index in [1.807, 2.05) is 48.5 Å². The van der Waals surface area contributed by atoms with Crippen molar-refractivity contribution >= 4 is 50.9 Å². The van der Waals surface area contributed by atoms with Crippen LogP contribution in [0.4, 0.5) is 5.69 Å². The number of hydrogen-bond acceptors (Lipinski definition) is 6. The number of amides is 1. The number of hydrogen-bond donors (Lipinski definition) is 1. The first kappa shape index (κ1) is 20.0. The third-order valence-electron chi connectivity index (χ3n) is 5.04. The summed E-state index contributed by atoms with van der Waals surface area (Å²) in [5.74, 6) is 0.371. The standard InChI is InChI=1S/C23H18N6O2S/c1-2-13-28-21(31)16-7-3-4-11-19(16)29-22(28)26-27-23(29)32-14-20(30)25-18-10-5-9-17-15(18)8-6-12-24-17/h2-12H,1,13-14H2,(H,25,30). The molecule has 3 heterocycles. The van der Waals surface area contributed by atoms with Gasteiger partial charge in [0.1, 0.15) is 0 Å². The van der Waals surface area contributed by atoms with E-state index in [0.717, 1.165) is 10.9 Å². The summed E-state index contributed by atoms with van der Waals surface area (Å²) >= 11 is 1.26. The van der Waals surface area contributed by atoms with Gasteiger partial charge in [0.25, 0.3) is 5.56 Å². The number of carbonyl (C=O) groups is 1. The second kappa shape index (κ2) is 8.27. The van der Waals surface area contributed by atoms with E-state index in [-0.39, 0.29) is 17.2 Å². The lowest BCUT2D eigenvalue weighted by molar-refractivity contribution is -0.113. The number of aromatic nitrogens is 5. The van der Waals surface area contributed by atoms with Gasteiger partial charge in [-0.15, -0.1) is 16.8 Å². The molecule has 5 aromatic rings. The third-order valence-corrected chi connectivity index (χ3v) is 5.97. The van der Waals surface area contributed by atoms with E-state index in [1.54, 1.807) is 22.7 Å². The molecule has 0 saturated heterocycles. The second-order valence-electron chi connectivity index (χ2n) is 7.05. The molecule has 2 aromatic carbocycles. The van der Waals surface area contributed by atoms with Crippen molar-refractivity contribution < 1.29 is 4.79 Å². The molecule has 1 N–H and O–H groups in total. The SMILES string of the molecule is C=CCn1c(=O)c2ccccc2n2c(SCC(=O)Nc3cccc4ncccc34)nnc12. The number of nitrogens with zero attached hydrogens (tertiary/aromatic N) is 5. The second-order valence-corrected chi connectivity index (χ2v) is 7.99. The van der Waals surface area contributed by atoms with Gasteiger partial charge < -0.3 is 5.32 Å². The van der Waals surface area contributed by atoms with E-state index in [4.69, 9.17) is 0 Å². The van der Waals surface area contributed by atoms with Gasteiger partial charge in [0.2, 0.25) is 11.7 Å². The average Bonchev–Trinajstić information content (AvgIpc) is 3.25. The maximum absolute atomic E-state index is 12.9. The summed E-state index contributed by atoms with van der Waals surface area (Å²) in [6.45, 7) is 4.04.